The predicted molar refractivity (Wildman–Crippen MR) is 89.1 cm³/mol. The van der Waals surface area contributed by atoms with Gasteiger partial charge in [-0.25, -0.2) is 0 Å². The molecule has 1 aromatic carbocycles. The van der Waals surface area contributed by atoms with Crippen molar-refractivity contribution in [3.63, 3.8) is 0 Å². The molecule has 118 valence electrons. The molecule has 0 aliphatic carbocycles. The molecule has 0 unspecified atom stereocenters. The van der Waals surface area contributed by atoms with E-state index in [-0.39, 0.29) is 11.8 Å². The number of carbonyl (C=O) groups excluding carboxylic acids is 2. The second-order valence-corrected chi connectivity index (χ2v) is 5.49. The van der Waals surface area contributed by atoms with Gasteiger partial charge in [0.15, 0.2) is 0 Å². The Morgan fingerprint density at radius 2 is 2.22 bits per heavy atom. The van der Waals surface area contributed by atoms with Crippen LogP contribution in [-0.2, 0) is 9.59 Å². The van der Waals surface area contributed by atoms with Crippen LogP contribution in [0.4, 0.5) is 11.4 Å². The number of furan rings is 1. The van der Waals surface area contributed by atoms with Gasteiger partial charge in [-0.05, 0) is 55.3 Å². The second kappa shape index (κ2) is 6.52. The number of hydrogen-bond donors (Lipinski definition) is 1. The lowest BCUT2D eigenvalue weighted by Gasteiger charge is -2.19. The number of benzene rings is 1. The molecule has 1 aliphatic rings. The maximum atomic E-state index is 11.9. The van der Waals surface area contributed by atoms with E-state index in [9.17, 15) is 9.59 Å². The maximum Gasteiger partial charge on any atom is 0.248 e. The van der Waals surface area contributed by atoms with Crippen LogP contribution in [0.2, 0.25) is 0 Å². The minimum absolute atomic E-state index is 0.159. The van der Waals surface area contributed by atoms with Crippen molar-refractivity contribution in [2.75, 3.05) is 16.8 Å². The third kappa shape index (κ3) is 3.51. The molecule has 0 bridgehead atoms. The Morgan fingerprint density at radius 1 is 1.35 bits per heavy atom. The Bertz CT molecular complexity index is 748. The van der Waals surface area contributed by atoms with Crippen molar-refractivity contribution < 1.29 is 14.0 Å². The predicted octanol–water partition coefficient (Wildman–Crippen LogP) is 3.37. The van der Waals surface area contributed by atoms with Gasteiger partial charge in [0, 0.05) is 30.4 Å². The Kier molecular flexibility index (Phi) is 4.28. The first kappa shape index (κ1) is 15.1. The summed E-state index contributed by atoms with van der Waals surface area (Å²) in [6, 6.07) is 9.10. The third-order valence-electron chi connectivity index (χ3n) is 3.77. The van der Waals surface area contributed by atoms with E-state index in [0.717, 1.165) is 24.2 Å². The Morgan fingerprint density at radius 3 is 2.87 bits per heavy atom. The number of anilines is 2. The molecule has 1 aromatic heterocycles. The number of amides is 2. The van der Waals surface area contributed by atoms with Gasteiger partial charge in [0.25, 0.3) is 0 Å². The zero-order valence-corrected chi connectivity index (χ0v) is 12.9. The highest BCUT2D eigenvalue weighted by Gasteiger charge is 2.22. The fourth-order valence-corrected chi connectivity index (χ4v) is 2.67. The quantitative estimate of drug-likeness (QED) is 0.881. The normalized spacial score (nSPS) is 14.7. The summed E-state index contributed by atoms with van der Waals surface area (Å²) >= 11 is 0. The lowest BCUT2D eigenvalue weighted by molar-refractivity contribution is -0.117. The molecular weight excluding hydrogens is 292 g/mol. The van der Waals surface area contributed by atoms with E-state index in [1.807, 2.05) is 25.1 Å². The Balaban J connectivity index is 1.68. The van der Waals surface area contributed by atoms with Crippen LogP contribution in [0, 0.1) is 6.92 Å². The van der Waals surface area contributed by atoms with Gasteiger partial charge in [0.05, 0.1) is 6.26 Å². The van der Waals surface area contributed by atoms with Crippen LogP contribution in [0.25, 0.3) is 6.08 Å². The van der Waals surface area contributed by atoms with Crippen LogP contribution >= 0.6 is 0 Å². The SMILES string of the molecule is Cc1cc(NC(=O)/C=C/c2ccco2)ccc1N1CCCC1=O. The molecule has 0 atom stereocenters. The smallest absolute Gasteiger partial charge is 0.248 e. The minimum atomic E-state index is -0.231. The molecule has 1 fully saturated rings. The van der Waals surface area contributed by atoms with Crippen LogP contribution in [-0.4, -0.2) is 18.4 Å². The number of carbonyl (C=O) groups is 2. The molecule has 3 rings (SSSR count). The zero-order valence-electron chi connectivity index (χ0n) is 12.9. The number of nitrogens with one attached hydrogen (secondary N) is 1. The average Bonchev–Trinajstić information content (AvgIpc) is 3.17. The monoisotopic (exact) mass is 310 g/mol. The van der Waals surface area contributed by atoms with Crippen molar-refractivity contribution in [1.82, 2.24) is 0 Å². The highest BCUT2D eigenvalue weighted by molar-refractivity contribution is 6.02. The number of aryl methyl sites for hydroxylation is 1. The molecule has 23 heavy (non-hydrogen) atoms. The van der Waals surface area contributed by atoms with Crippen LogP contribution in [0.15, 0.2) is 47.1 Å². The van der Waals surface area contributed by atoms with E-state index in [4.69, 9.17) is 4.42 Å². The van der Waals surface area contributed by atoms with Crippen LogP contribution in [0.1, 0.15) is 24.2 Å². The molecule has 1 N–H and O–H groups in total. The van der Waals surface area contributed by atoms with Crippen LogP contribution in [0.3, 0.4) is 0 Å². The summed E-state index contributed by atoms with van der Waals surface area (Å²) < 4.78 is 5.13. The number of hydrogen-bond acceptors (Lipinski definition) is 3. The molecular formula is C18H18N2O3. The summed E-state index contributed by atoms with van der Waals surface area (Å²) in [5, 5.41) is 2.80. The van der Waals surface area contributed by atoms with Gasteiger partial charge in [-0.3, -0.25) is 9.59 Å². The molecule has 5 nitrogen and oxygen atoms in total. The Hall–Kier alpha value is -2.82. The van der Waals surface area contributed by atoms with Gasteiger partial charge in [-0.2, -0.15) is 0 Å². The van der Waals surface area contributed by atoms with Gasteiger partial charge < -0.3 is 14.6 Å². The van der Waals surface area contributed by atoms with Crippen molar-refractivity contribution in [3.05, 3.63) is 54.0 Å². The Labute approximate surface area is 134 Å². The van der Waals surface area contributed by atoms with E-state index < -0.39 is 0 Å². The molecule has 2 heterocycles. The topological polar surface area (TPSA) is 62.6 Å². The molecule has 0 spiro atoms. The lowest BCUT2D eigenvalue weighted by atomic mass is 10.1. The van der Waals surface area contributed by atoms with E-state index in [2.05, 4.69) is 5.32 Å². The van der Waals surface area contributed by atoms with Gasteiger partial charge in [0.1, 0.15) is 5.76 Å². The summed E-state index contributed by atoms with van der Waals surface area (Å²) in [6.07, 6.45) is 6.09. The largest absolute Gasteiger partial charge is 0.465 e. The first-order valence-electron chi connectivity index (χ1n) is 7.57. The van der Waals surface area contributed by atoms with Crippen molar-refractivity contribution in [2.45, 2.75) is 19.8 Å². The summed E-state index contributed by atoms with van der Waals surface area (Å²) in [5.41, 5.74) is 2.58. The first-order valence-corrected chi connectivity index (χ1v) is 7.57. The van der Waals surface area contributed by atoms with Crippen molar-refractivity contribution in [1.29, 1.82) is 0 Å². The van der Waals surface area contributed by atoms with Gasteiger partial charge in [-0.1, -0.05) is 0 Å². The summed E-state index contributed by atoms with van der Waals surface area (Å²) in [5.74, 6) is 0.552. The van der Waals surface area contributed by atoms with Crippen molar-refractivity contribution >= 4 is 29.3 Å². The number of rotatable bonds is 4. The van der Waals surface area contributed by atoms with Crippen molar-refractivity contribution in [2.24, 2.45) is 0 Å². The molecule has 5 heteroatoms. The molecule has 1 saturated heterocycles. The molecule has 0 radical (unpaired) electrons. The molecule has 1 aliphatic heterocycles. The second-order valence-electron chi connectivity index (χ2n) is 5.49. The highest BCUT2D eigenvalue weighted by Crippen LogP contribution is 2.27. The summed E-state index contributed by atoms with van der Waals surface area (Å²) in [4.78, 5) is 25.5. The van der Waals surface area contributed by atoms with Crippen LogP contribution < -0.4 is 10.2 Å². The van der Waals surface area contributed by atoms with Gasteiger partial charge >= 0.3 is 0 Å². The lowest BCUT2D eigenvalue weighted by Crippen LogP contribution is -2.24. The average molecular weight is 310 g/mol. The molecule has 2 aromatic rings. The van der Waals surface area contributed by atoms with E-state index in [1.54, 1.807) is 29.4 Å². The fourth-order valence-electron chi connectivity index (χ4n) is 2.67. The van der Waals surface area contributed by atoms with Crippen molar-refractivity contribution in [3.8, 4) is 0 Å². The zero-order chi connectivity index (χ0) is 16.2. The van der Waals surface area contributed by atoms with E-state index >= 15 is 0 Å². The fraction of sp³-hybridized carbons (Fsp3) is 0.222. The van der Waals surface area contributed by atoms with Gasteiger partial charge in [0.2, 0.25) is 11.8 Å². The molecule has 0 saturated carbocycles. The molecule has 2 amide bonds. The summed E-state index contributed by atoms with van der Waals surface area (Å²) in [6.45, 7) is 2.70. The number of nitrogens with zero attached hydrogens (tertiary/aromatic N) is 1. The van der Waals surface area contributed by atoms with Crippen LogP contribution in [0.5, 0.6) is 0 Å². The minimum Gasteiger partial charge on any atom is -0.465 e. The van der Waals surface area contributed by atoms with E-state index in [1.165, 1.54) is 6.08 Å². The highest BCUT2D eigenvalue weighted by atomic mass is 16.3. The first-order chi connectivity index (χ1) is 11.1. The van der Waals surface area contributed by atoms with E-state index in [0.29, 0.717) is 17.9 Å². The third-order valence-corrected chi connectivity index (χ3v) is 3.77. The maximum absolute atomic E-state index is 11.9. The standard InChI is InChI=1S/C18H18N2O3/c1-13-12-14(6-8-16(13)20-10-2-5-18(20)22)19-17(21)9-7-15-4-3-11-23-15/h3-4,6-9,11-12H,2,5,10H2,1H3,(H,19,21)/b9-7+. The summed E-state index contributed by atoms with van der Waals surface area (Å²) in [7, 11) is 0. The van der Waals surface area contributed by atoms with Gasteiger partial charge in [-0.15, -0.1) is 0 Å².